The van der Waals surface area contributed by atoms with Crippen molar-refractivity contribution in [3.05, 3.63) is 52.8 Å². The number of carbonyl (C=O) groups excluding carboxylic acids is 1. The third-order valence-corrected chi connectivity index (χ3v) is 6.15. The van der Waals surface area contributed by atoms with E-state index >= 15 is 0 Å². The maximum absolute atomic E-state index is 12.5. The molecular weight excluding hydrogens is 320 g/mol. The Balaban J connectivity index is 1.52. The van der Waals surface area contributed by atoms with Crippen molar-refractivity contribution in [3.8, 4) is 5.69 Å². The van der Waals surface area contributed by atoms with Crippen molar-refractivity contribution in [2.24, 2.45) is 5.92 Å². The minimum atomic E-state index is 0.0727. The van der Waals surface area contributed by atoms with E-state index in [0.29, 0.717) is 6.04 Å². The normalized spacial score (nSPS) is 20.6. The van der Waals surface area contributed by atoms with Crippen LogP contribution < -0.4 is 5.32 Å². The van der Waals surface area contributed by atoms with Crippen molar-refractivity contribution >= 4 is 5.91 Å². The Morgan fingerprint density at radius 2 is 1.81 bits per heavy atom. The molecule has 1 atom stereocenters. The lowest BCUT2D eigenvalue weighted by Gasteiger charge is -2.23. The third kappa shape index (κ3) is 3.44. The van der Waals surface area contributed by atoms with Crippen LogP contribution in [0.4, 0.5) is 0 Å². The minimum Gasteiger partial charge on any atom is -0.349 e. The van der Waals surface area contributed by atoms with Crippen molar-refractivity contribution in [3.63, 3.8) is 0 Å². The first-order valence-electron chi connectivity index (χ1n) is 10.2. The van der Waals surface area contributed by atoms with Crippen LogP contribution in [0.2, 0.25) is 0 Å². The van der Waals surface area contributed by atoms with Gasteiger partial charge in [0, 0.05) is 28.7 Å². The van der Waals surface area contributed by atoms with Crippen molar-refractivity contribution in [2.75, 3.05) is 0 Å². The number of hydrogen-bond donors (Lipinski definition) is 1. The lowest BCUT2D eigenvalue weighted by atomic mass is 9.89. The van der Waals surface area contributed by atoms with Crippen LogP contribution in [0.15, 0.2) is 30.3 Å². The summed E-state index contributed by atoms with van der Waals surface area (Å²) in [5.41, 5.74) is 6.20. The zero-order chi connectivity index (χ0) is 18.1. The number of benzene rings is 1. The summed E-state index contributed by atoms with van der Waals surface area (Å²) in [7, 11) is 0. The summed E-state index contributed by atoms with van der Waals surface area (Å²) in [4.78, 5) is 12.5. The first kappa shape index (κ1) is 17.4. The molecule has 2 aliphatic carbocycles. The van der Waals surface area contributed by atoms with Gasteiger partial charge in [0.25, 0.3) is 5.91 Å². The molecule has 1 N–H and O–H groups in total. The van der Waals surface area contributed by atoms with E-state index in [1.165, 1.54) is 54.7 Å². The third-order valence-electron chi connectivity index (χ3n) is 6.15. The molecule has 4 rings (SSSR count). The van der Waals surface area contributed by atoms with Gasteiger partial charge in [-0.1, -0.05) is 26.2 Å². The molecule has 0 radical (unpaired) electrons. The summed E-state index contributed by atoms with van der Waals surface area (Å²) in [6, 6.07) is 10.9. The van der Waals surface area contributed by atoms with Gasteiger partial charge in [0.2, 0.25) is 0 Å². The first-order chi connectivity index (χ1) is 12.6. The molecule has 1 amide bonds. The molecule has 3 nitrogen and oxygen atoms in total. The van der Waals surface area contributed by atoms with Gasteiger partial charge < -0.3 is 9.88 Å². The maximum atomic E-state index is 12.5. The molecule has 2 aliphatic rings. The fourth-order valence-electron chi connectivity index (χ4n) is 4.70. The fraction of sp³-hybridized carbons (Fsp3) is 0.522. The smallest absolute Gasteiger partial charge is 0.251 e. The standard InChI is InChI=1S/C23H30N2O/c1-16-8-13-22-19(14-16)15-17(2)25(22)21-11-9-18(10-12-21)23(26)24-20-6-4-3-5-7-20/h9-12,15-16,20H,3-8,13-14H2,1-2H3,(H,24,26)/t16-/m0/s1. The second-order valence-corrected chi connectivity index (χ2v) is 8.30. The summed E-state index contributed by atoms with van der Waals surface area (Å²) in [5.74, 6) is 0.854. The Hall–Kier alpha value is -2.03. The van der Waals surface area contributed by atoms with E-state index in [-0.39, 0.29) is 5.91 Å². The Morgan fingerprint density at radius 3 is 2.54 bits per heavy atom. The molecule has 0 saturated heterocycles. The number of aromatic nitrogens is 1. The highest BCUT2D eigenvalue weighted by molar-refractivity contribution is 5.94. The number of aryl methyl sites for hydroxylation is 1. The van der Waals surface area contributed by atoms with Crippen LogP contribution in [0, 0.1) is 12.8 Å². The van der Waals surface area contributed by atoms with Gasteiger partial charge in [0.15, 0.2) is 0 Å². The molecule has 2 aromatic rings. The van der Waals surface area contributed by atoms with Gasteiger partial charge >= 0.3 is 0 Å². The molecule has 1 aromatic carbocycles. The molecule has 1 heterocycles. The largest absolute Gasteiger partial charge is 0.349 e. The molecule has 1 saturated carbocycles. The van der Waals surface area contributed by atoms with E-state index in [4.69, 9.17) is 0 Å². The highest BCUT2D eigenvalue weighted by Crippen LogP contribution is 2.30. The minimum absolute atomic E-state index is 0.0727. The second kappa shape index (κ2) is 7.30. The van der Waals surface area contributed by atoms with Crippen LogP contribution in [-0.4, -0.2) is 16.5 Å². The molecule has 0 aliphatic heterocycles. The number of hydrogen-bond acceptors (Lipinski definition) is 1. The average molecular weight is 351 g/mol. The first-order valence-corrected chi connectivity index (χ1v) is 10.2. The van der Waals surface area contributed by atoms with Gasteiger partial charge in [-0.3, -0.25) is 4.79 Å². The fourth-order valence-corrected chi connectivity index (χ4v) is 4.70. The Morgan fingerprint density at radius 1 is 1.08 bits per heavy atom. The van der Waals surface area contributed by atoms with E-state index in [0.717, 1.165) is 30.7 Å². The SMILES string of the molecule is Cc1cc2c(n1-c1ccc(C(=O)NC3CCCCC3)cc1)CC[C@H](C)C2. The van der Waals surface area contributed by atoms with Crippen LogP contribution in [-0.2, 0) is 12.8 Å². The molecule has 1 fully saturated rings. The van der Waals surface area contributed by atoms with Crippen LogP contribution in [0.1, 0.15) is 72.8 Å². The number of fused-ring (bicyclic) bond motifs is 1. The summed E-state index contributed by atoms with van der Waals surface area (Å²) in [6.45, 7) is 4.53. The molecule has 1 aromatic heterocycles. The van der Waals surface area contributed by atoms with Crippen LogP contribution in [0.25, 0.3) is 5.69 Å². The Labute approximate surface area is 156 Å². The number of nitrogens with zero attached hydrogens (tertiary/aromatic N) is 1. The highest BCUT2D eigenvalue weighted by atomic mass is 16.1. The molecular formula is C23H30N2O. The zero-order valence-corrected chi connectivity index (χ0v) is 16.1. The Bertz CT molecular complexity index is 781. The average Bonchev–Trinajstić information content (AvgIpc) is 2.97. The van der Waals surface area contributed by atoms with Crippen molar-refractivity contribution in [1.29, 1.82) is 0 Å². The highest BCUT2D eigenvalue weighted by Gasteiger charge is 2.21. The monoisotopic (exact) mass is 350 g/mol. The number of carbonyl (C=O) groups is 1. The lowest BCUT2D eigenvalue weighted by molar-refractivity contribution is 0.0927. The summed E-state index contributed by atoms with van der Waals surface area (Å²) in [5, 5.41) is 3.21. The van der Waals surface area contributed by atoms with E-state index in [9.17, 15) is 4.79 Å². The van der Waals surface area contributed by atoms with Crippen LogP contribution in [0.5, 0.6) is 0 Å². The topological polar surface area (TPSA) is 34.0 Å². The second-order valence-electron chi connectivity index (χ2n) is 8.30. The van der Waals surface area contributed by atoms with Crippen LogP contribution in [0.3, 0.4) is 0 Å². The Kier molecular flexibility index (Phi) is 4.88. The molecule has 0 bridgehead atoms. The molecule has 0 spiro atoms. The zero-order valence-electron chi connectivity index (χ0n) is 16.1. The summed E-state index contributed by atoms with van der Waals surface area (Å²) < 4.78 is 2.38. The summed E-state index contributed by atoms with van der Waals surface area (Å²) in [6.07, 6.45) is 9.62. The molecule has 0 unspecified atom stereocenters. The van der Waals surface area contributed by atoms with Gasteiger partial charge in [-0.15, -0.1) is 0 Å². The molecule has 3 heteroatoms. The van der Waals surface area contributed by atoms with Gasteiger partial charge in [0.1, 0.15) is 0 Å². The van der Waals surface area contributed by atoms with Crippen LogP contribution >= 0.6 is 0 Å². The van der Waals surface area contributed by atoms with E-state index < -0.39 is 0 Å². The molecule has 26 heavy (non-hydrogen) atoms. The van der Waals surface area contributed by atoms with Crippen molar-refractivity contribution in [2.45, 2.75) is 71.3 Å². The van der Waals surface area contributed by atoms with Gasteiger partial charge in [-0.2, -0.15) is 0 Å². The van der Waals surface area contributed by atoms with E-state index in [1.54, 1.807) is 0 Å². The van der Waals surface area contributed by atoms with Crippen molar-refractivity contribution < 1.29 is 4.79 Å². The maximum Gasteiger partial charge on any atom is 0.251 e. The predicted molar refractivity (Wildman–Crippen MR) is 106 cm³/mol. The quantitative estimate of drug-likeness (QED) is 0.833. The summed E-state index contributed by atoms with van der Waals surface area (Å²) >= 11 is 0. The van der Waals surface area contributed by atoms with E-state index in [1.807, 2.05) is 12.1 Å². The number of nitrogens with one attached hydrogen (secondary N) is 1. The predicted octanol–water partition coefficient (Wildman–Crippen LogP) is 4.97. The van der Waals surface area contributed by atoms with Gasteiger partial charge in [0.05, 0.1) is 0 Å². The molecule has 138 valence electrons. The number of rotatable bonds is 3. The lowest BCUT2D eigenvalue weighted by Crippen LogP contribution is -2.36. The van der Waals surface area contributed by atoms with E-state index in [2.05, 4.69) is 41.9 Å². The van der Waals surface area contributed by atoms with Gasteiger partial charge in [-0.05, 0) is 80.8 Å². The van der Waals surface area contributed by atoms with Gasteiger partial charge in [-0.25, -0.2) is 0 Å². The van der Waals surface area contributed by atoms with Crippen molar-refractivity contribution in [1.82, 2.24) is 9.88 Å². The number of amides is 1.